The minimum atomic E-state index is -1.02. The van der Waals surface area contributed by atoms with Crippen molar-refractivity contribution in [3.8, 4) is 0 Å². The SMILES string of the molecule is CCC1(C(=O)OC(C)(C)C)CN(C(=O)O)CCC1c1ccnc2cc(Cl)ccc12. The number of likely N-dealkylation sites (tertiary alicyclic amines) is 1. The van der Waals surface area contributed by atoms with Crippen LogP contribution in [0.2, 0.25) is 5.02 Å². The second-order valence-corrected chi connectivity index (χ2v) is 9.06. The third kappa shape index (κ3) is 4.17. The molecule has 1 aliphatic rings. The molecule has 156 valence electrons. The Balaban J connectivity index is 2.15. The number of carbonyl (C=O) groups is 2. The molecule has 2 aromatic rings. The van der Waals surface area contributed by atoms with Crippen molar-refractivity contribution in [3.63, 3.8) is 0 Å². The van der Waals surface area contributed by atoms with Crippen molar-refractivity contribution in [2.45, 2.75) is 52.1 Å². The predicted octanol–water partition coefficient (Wildman–Crippen LogP) is 5.09. The largest absolute Gasteiger partial charge is 0.465 e. The van der Waals surface area contributed by atoms with E-state index in [2.05, 4.69) is 4.98 Å². The Kier molecular flexibility index (Phi) is 5.77. The van der Waals surface area contributed by atoms with Gasteiger partial charge in [0.2, 0.25) is 0 Å². The Bertz CT molecular complexity index is 940. The highest BCUT2D eigenvalue weighted by atomic mass is 35.5. The number of nitrogens with zero attached hydrogens (tertiary/aromatic N) is 2. The Labute approximate surface area is 175 Å². The van der Waals surface area contributed by atoms with Crippen LogP contribution in [0.4, 0.5) is 4.79 Å². The van der Waals surface area contributed by atoms with Crippen molar-refractivity contribution in [2.24, 2.45) is 5.41 Å². The zero-order chi connectivity index (χ0) is 21.4. The van der Waals surface area contributed by atoms with E-state index in [0.29, 0.717) is 24.4 Å². The lowest BCUT2D eigenvalue weighted by molar-refractivity contribution is -0.172. The van der Waals surface area contributed by atoms with Gasteiger partial charge in [0.25, 0.3) is 0 Å². The molecule has 1 N–H and O–H groups in total. The van der Waals surface area contributed by atoms with Crippen molar-refractivity contribution in [3.05, 3.63) is 41.0 Å². The molecule has 1 aromatic heterocycles. The topological polar surface area (TPSA) is 79.7 Å². The average Bonchev–Trinajstić information content (AvgIpc) is 2.65. The quantitative estimate of drug-likeness (QED) is 0.702. The van der Waals surface area contributed by atoms with Gasteiger partial charge in [-0.1, -0.05) is 24.6 Å². The highest BCUT2D eigenvalue weighted by Crippen LogP contribution is 2.48. The minimum Gasteiger partial charge on any atom is -0.465 e. The van der Waals surface area contributed by atoms with Crippen LogP contribution in [0.1, 0.15) is 52.0 Å². The van der Waals surface area contributed by atoms with Crippen molar-refractivity contribution >= 4 is 34.6 Å². The van der Waals surface area contributed by atoms with E-state index in [0.717, 1.165) is 16.5 Å². The van der Waals surface area contributed by atoms with Crippen LogP contribution in [0.25, 0.3) is 10.9 Å². The van der Waals surface area contributed by atoms with Gasteiger partial charge in [-0.2, -0.15) is 0 Å². The number of piperidine rings is 1. The van der Waals surface area contributed by atoms with Gasteiger partial charge in [0, 0.05) is 35.6 Å². The van der Waals surface area contributed by atoms with E-state index in [9.17, 15) is 14.7 Å². The molecule has 0 radical (unpaired) electrons. The first-order valence-corrected chi connectivity index (χ1v) is 10.2. The van der Waals surface area contributed by atoms with Gasteiger partial charge in [-0.3, -0.25) is 9.78 Å². The fourth-order valence-electron chi connectivity index (χ4n) is 4.24. The highest BCUT2D eigenvalue weighted by molar-refractivity contribution is 6.31. The van der Waals surface area contributed by atoms with Crippen molar-refractivity contribution in [2.75, 3.05) is 13.1 Å². The molecule has 1 saturated heterocycles. The number of benzene rings is 1. The van der Waals surface area contributed by atoms with Gasteiger partial charge in [0.1, 0.15) is 5.60 Å². The number of pyridine rings is 1. The van der Waals surface area contributed by atoms with Gasteiger partial charge >= 0.3 is 12.1 Å². The summed E-state index contributed by atoms with van der Waals surface area (Å²) in [5.41, 5.74) is 0.0929. The second kappa shape index (κ2) is 7.82. The standard InChI is InChI=1S/C22H27ClN2O4/c1-5-22(19(26)29-21(2,3)4)13-25(20(27)28)11-9-17(22)15-8-10-24-18-12-14(23)6-7-16(15)18/h6-8,10,12,17H,5,9,11,13H2,1-4H3,(H,27,28). The molecular weight excluding hydrogens is 392 g/mol. The highest BCUT2D eigenvalue weighted by Gasteiger charge is 2.52. The summed E-state index contributed by atoms with van der Waals surface area (Å²) in [6, 6.07) is 7.45. The number of carbonyl (C=O) groups excluding carboxylic acids is 1. The fraction of sp³-hybridized carbons (Fsp3) is 0.500. The number of hydrogen-bond acceptors (Lipinski definition) is 4. The van der Waals surface area contributed by atoms with Crippen LogP contribution >= 0.6 is 11.6 Å². The molecule has 2 unspecified atom stereocenters. The maximum absolute atomic E-state index is 13.4. The van der Waals surface area contributed by atoms with Crippen LogP contribution < -0.4 is 0 Å². The molecular formula is C22H27ClN2O4. The molecule has 7 heteroatoms. The second-order valence-electron chi connectivity index (χ2n) is 8.62. The van der Waals surface area contributed by atoms with E-state index in [4.69, 9.17) is 16.3 Å². The molecule has 3 rings (SSSR count). The van der Waals surface area contributed by atoms with E-state index in [1.165, 1.54) is 4.90 Å². The number of halogens is 1. The molecule has 1 aromatic carbocycles. The molecule has 0 saturated carbocycles. The van der Waals surface area contributed by atoms with E-state index < -0.39 is 17.1 Å². The number of fused-ring (bicyclic) bond motifs is 1. The van der Waals surface area contributed by atoms with Crippen LogP contribution in [0, 0.1) is 5.41 Å². The summed E-state index contributed by atoms with van der Waals surface area (Å²) in [5, 5.41) is 11.1. The summed E-state index contributed by atoms with van der Waals surface area (Å²) < 4.78 is 5.79. The summed E-state index contributed by atoms with van der Waals surface area (Å²) in [7, 11) is 0. The van der Waals surface area contributed by atoms with Gasteiger partial charge < -0.3 is 14.7 Å². The first-order valence-electron chi connectivity index (χ1n) is 9.83. The normalized spacial score (nSPS) is 22.5. The van der Waals surface area contributed by atoms with Gasteiger partial charge in [-0.05, 0) is 57.4 Å². The Morgan fingerprint density at radius 3 is 2.69 bits per heavy atom. The van der Waals surface area contributed by atoms with Crippen molar-refractivity contribution in [1.82, 2.24) is 9.88 Å². The van der Waals surface area contributed by atoms with Crippen LogP contribution in [-0.4, -0.2) is 45.7 Å². The Hall–Kier alpha value is -2.34. The third-order valence-corrected chi connectivity index (χ3v) is 5.88. The lowest BCUT2D eigenvalue weighted by Crippen LogP contribution is -2.54. The van der Waals surface area contributed by atoms with Crippen molar-refractivity contribution < 1.29 is 19.4 Å². The molecule has 2 heterocycles. The number of rotatable bonds is 3. The first kappa shape index (κ1) is 21.4. The van der Waals surface area contributed by atoms with Crippen LogP contribution in [0.5, 0.6) is 0 Å². The summed E-state index contributed by atoms with van der Waals surface area (Å²) in [4.78, 5) is 30.9. The molecule has 6 nitrogen and oxygen atoms in total. The van der Waals surface area contributed by atoms with Crippen LogP contribution in [-0.2, 0) is 9.53 Å². The monoisotopic (exact) mass is 418 g/mol. The number of hydrogen-bond donors (Lipinski definition) is 1. The van der Waals surface area contributed by atoms with Gasteiger partial charge in [0.15, 0.2) is 0 Å². The Morgan fingerprint density at radius 2 is 2.07 bits per heavy atom. The molecule has 0 bridgehead atoms. The molecule has 1 amide bonds. The molecule has 0 spiro atoms. The maximum atomic E-state index is 13.4. The summed E-state index contributed by atoms with van der Waals surface area (Å²) >= 11 is 6.13. The lowest BCUT2D eigenvalue weighted by Gasteiger charge is -2.46. The predicted molar refractivity (Wildman–Crippen MR) is 112 cm³/mol. The third-order valence-electron chi connectivity index (χ3n) is 5.65. The van der Waals surface area contributed by atoms with E-state index in [1.807, 2.05) is 45.9 Å². The van der Waals surface area contributed by atoms with Crippen LogP contribution in [0.3, 0.4) is 0 Å². The summed E-state index contributed by atoms with van der Waals surface area (Å²) in [6.45, 7) is 7.86. The zero-order valence-electron chi connectivity index (χ0n) is 17.2. The lowest BCUT2D eigenvalue weighted by atomic mass is 9.65. The molecule has 29 heavy (non-hydrogen) atoms. The molecule has 1 aliphatic heterocycles. The number of carboxylic acid groups (broad SMARTS) is 1. The number of esters is 1. The summed E-state index contributed by atoms with van der Waals surface area (Å²) in [5.74, 6) is -0.549. The fourth-order valence-corrected chi connectivity index (χ4v) is 4.41. The zero-order valence-corrected chi connectivity index (χ0v) is 18.0. The van der Waals surface area contributed by atoms with E-state index >= 15 is 0 Å². The van der Waals surface area contributed by atoms with E-state index in [1.54, 1.807) is 12.3 Å². The molecule has 0 aliphatic carbocycles. The molecule has 1 fully saturated rings. The van der Waals surface area contributed by atoms with Crippen molar-refractivity contribution in [1.29, 1.82) is 0 Å². The molecule has 2 atom stereocenters. The minimum absolute atomic E-state index is 0.107. The Morgan fingerprint density at radius 1 is 1.34 bits per heavy atom. The van der Waals surface area contributed by atoms with Gasteiger partial charge in [0.05, 0.1) is 10.9 Å². The van der Waals surface area contributed by atoms with Gasteiger partial charge in [-0.15, -0.1) is 0 Å². The van der Waals surface area contributed by atoms with Gasteiger partial charge in [-0.25, -0.2) is 4.79 Å². The average molecular weight is 419 g/mol. The number of amides is 1. The van der Waals surface area contributed by atoms with E-state index in [-0.39, 0.29) is 18.4 Å². The number of ether oxygens (including phenoxy) is 1. The number of aromatic nitrogens is 1. The van der Waals surface area contributed by atoms with Crippen LogP contribution in [0.15, 0.2) is 30.5 Å². The first-order chi connectivity index (χ1) is 13.6. The summed E-state index contributed by atoms with van der Waals surface area (Å²) in [6.07, 6.45) is 1.69. The smallest absolute Gasteiger partial charge is 0.407 e. The maximum Gasteiger partial charge on any atom is 0.407 e.